The van der Waals surface area contributed by atoms with Gasteiger partial charge in [-0.25, -0.2) is 0 Å². The summed E-state index contributed by atoms with van der Waals surface area (Å²) in [5, 5.41) is 0. The molecule has 0 N–H and O–H groups in total. The summed E-state index contributed by atoms with van der Waals surface area (Å²) in [5.74, 6) is 3.44. The Bertz CT molecular complexity index is 1060. The van der Waals surface area contributed by atoms with Gasteiger partial charge in [0.2, 0.25) is 0 Å². The Hall–Kier alpha value is -3.46. The summed E-state index contributed by atoms with van der Waals surface area (Å²) >= 11 is 0. The summed E-state index contributed by atoms with van der Waals surface area (Å²) in [5.41, 5.74) is 4.67. The first-order valence-corrected chi connectivity index (χ1v) is 10.3. The van der Waals surface area contributed by atoms with Gasteiger partial charge in [0.15, 0.2) is 0 Å². The van der Waals surface area contributed by atoms with Gasteiger partial charge in [0, 0.05) is 0 Å². The molecule has 3 aromatic carbocycles. The molecule has 0 bridgehead atoms. The van der Waals surface area contributed by atoms with Gasteiger partial charge in [-0.1, -0.05) is 36.4 Å². The SMILES string of the molecule is CCOc1cccc(-c2cc(OC)ccc2C2=CC(Oc3ccccc3)=CCC2)c1. The van der Waals surface area contributed by atoms with E-state index >= 15 is 0 Å². The summed E-state index contributed by atoms with van der Waals surface area (Å²) in [6.07, 6.45) is 6.20. The molecule has 0 fully saturated rings. The van der Waals surface area contributed by atoms with E-state index in [0.717, 1.165) is 47.0 Å². The molecule has 3 aromatic rings. The van der Waals surface area contributed by atoms with E-state index < -0.39 is 0 Å². The number of rotatable bonds is 7. The maximum absolute atomic E-state index is 6.09. The lowest BCUT2D eigenvalue weighted by molar-refractivity contribution is 0.340. The maximum Gasteiger partial charge on any atom is 0.127 e. The zero-order chi connectivity index (χ0) is 20.8. The first kappa shape index (κ1) is 19.8. The average Bonchev–Trinajstić information content (AvgIpc) is 2.80. The molecule has 1 aliphatic carbocycles. The number of para-hydroxylation sites is 1. The Morgan fingerprint density at radius 3 is 2.43 bits per heavy atom. The van der Waals surface area contributed by atoms with Crippen LogP contribution in [0.25, 0.3) is 16.7 Å². The van der Waals surface area contributed by atoms with Crippen LogP contribution < -0.4 is 14.2 Å². The molecule has 0 unspecified atom stereocenters. The summed E-state index contributed by atoms with van der Waals surface area (Å²) in [7, 11) is 1.70. The van der Waals surface area contributed by atoms with E-state index in [-0.39, 0.29) is 0 Å². The number of methoxy groups -OCH3 is 1. The highest BCUT2D eigenvalue weighted by molar-refractivity contribution is 5.84. The van der Waals surface area contributed by atoms with E-state index in [1.54, 1.807) is 7.11 Å². The van der Waals surface area contributed by atoms with Crippen molar-refractivity contribution in [2.24, 2.45) is 0 Å². The fourth-order valence-electron chi connectivity index (χ4n) is 3.67. The van der Waals surface area contributed by atoms with Crippen molar-refractivity contribution in [3.8, 4) is 28.4 Å². The largest absolute Gasteiger partial charge is 0.497 e. The van der Waals surface area contributed by atoms with Crippen LogP contribution >= 0.6 is 0 Å². The van der Waals surface area contributed by atoms with Crippen LogP contribution in [0.2, 0.25) is 0 Å². The van der Waals surface area contributed by atoms with E-state index in [1.807, 2.05) is 55.5 Å². The van der Waals surface area contributed by atoms with Crippen LogP contribution in [-0.4, -0.2) is 13.7 Å². The fourth-order valence-corrected chi connectivity index (χ4v) is 3.67. The van der Waals surface area contributed by atoms with Gasteiger partial charge in [-0.15, -0.1) is 0 Å². The topological polar surface area (TPSA) is 27.7 Å². The van der Waals surface area contributed by atoms with Crippen molar-refractivity contribution in [1.29, 1.82) is 0 Å². The maximum atomic E-state index is 6.09. The molecule has 1 aliphatic rings. The van der Waals surface area contributed by atoms with Crippen LogP contribution in [0.15, 0.2) is 90.7 Å². The van der Waals surface area contributed by atoms with Gasteiger partial charge in [-0.3, -0.25) is 0 Å². The molecule has 0 radical (unpaired) electrons. The van der Waals surface area contributed by atoms with Gasteiger partial charge in [0.1, 0.15) is 23.0 Å². The third-order valence-electron chi connectivity index (χ3n) is 5.08. The van der Waals surface area contributed by atoms with E-state index in [9.17, 15) is 0 Å². The lowest BCUT2D eigenvalue weighted by Crippen LogP contribution is -2.01. The predicted molar refractivity (Wildman–Crippen MR) is 122 cm³/mol. The van der Waals surface area contributed by atoms with Crippen LogP contribution in [0.5, 0.6) is 17.2 Å². The Morgan fingerprint density at radius 1 is 0.800 bits per heavy atom. The molecule has 3 nitrogen and oxygen atoms in total. The minimum atomic E-state index is 0.643. The third-order valence-corrected chi connectivity index (χ3v) is 5.08. The quantitative estimate of drug-likeness (QED) is 0.433. The highest BCUT2D eigenvalue weighted by atomic mass is 16.5. The summed E-state index contributed by atoms with van der Waals surface area (Å²) in [6.45, 7) is 2.64. The minimum Gasteiger partial charge on any atom is -0.497 e. The predicted octanol–water partition coefficient (Wildman–Crippen LogP) is 6.90. The number of hydrogen-bond acceptors (Lipinski definition) is 3. The highest BCUT2D eigenvalue weighted by Gasteiger charge is 2.15. The first-order valence-electron chi connectivity index (χ1n) is 10.3. The zero-order valence-corrected chi connectivity index (χ0v) is 17.4. The second-order valence-corrected chi connectivity index (χ2v) is 7.10. The lowest BCUT2D eigenvalue weighted by atomic mass is 9.89. The fraction of sp³-hybridized carbons (Fsp3) is 0.185. The highest BCUT2D eigenvalue weighted by Crippen LogP contribution is 2.37. The van der Waals surface area contributed by atoms with Gasteiger partial charge in [-0.05, 0) is 90.6 Å². The van der Waals surface area contributed by atoms with Gasteiger partial charge in [-0.2, -0.15) is 0 Å². The van der Waals surface area contributed by atoms with Crippen molar-refractivity contribution in [3.63, 3.8) is 0 Å². The van der Waals surface area contributed by atoms with Crippen molar-refractivity contribution < 1.29 is 14.2 Å². The van der Waals surface area contributed by atoms with Gasteiger partial charge in [0.05, 0.1) is 13.7 Å². The van der Waals surface area contributed by atoms with Crippen molar-refractivity contribution in [2.45, 2.75) is 19.8 Å². The molecule has 0 amide bonds. The Kier molecular flexibility index (Phi) is 6.19. The molecule has 152 valence electrons. The molecule has 0 saturated heterocycles. The average molecular weight is 399 g/mol. The number of hydrogen-bond donors (Lipinski definition) is 0. The van der Waals surface area contributed by atoms with Crippen LogP contribution in [0.1, 0.15) is 25.3 Å². The smallest absolute Gasteiger partial charge is 0.127 e. The molecule has 0 aliphatic heterocycles. The first-order chi connectivity index (χ1) is 14.8. The molecule has 0 saturated carbocycles. The van der Waals surface area contributed by atoms with Gasteiger partial charge >= 0.3 is 0 Å². The third kappa shape index (κ3) is 4.57. The second-order valence-electron chi connectivity index (χ2n) is 7.10. The molecule has 0 atom stereocenters. The standard InChI is InChI=1S/C27H26O3/c1-3-29-24-13-7-10-21(17-24)27-19-23(28-2)15-16-26(27)20-9-8-14-25(18-20)30-22-11-5-4-6-12-22/h4-7,10-19H,3,8-9H2,1-2H3. The molecular weight excluding hydrogens is 372 g/mol. The monoisotopic (exact) mass is 398 g/mol. The van der Waals surface area contributed by atoms with Crippen LogP contribution in [0, 0.1) is 0 Å². The van der Waals surface area contributed by atoms with E-state index in [1.165, 1.54) is 11.1 Å². The lowest BCUT2D eigenvalue weighted by Gasteiger charge is -2.19. The molecule has 0 heterocycles. The summed E-state index contributed by atoms with van der Waals surface area (Å²) < 4.78 is 17.3. The summed E-state index contributed by atoms with van der Waals surface area (Å²) in [6, 6.07) is 24.4. The second kappa shape index (κ2) is 9.36. The van der Waals surface area contributed by atoms with Crippen molar-refractivity contribution in [3.05, 3.63) is 96.3 Å². The van der Waals surface area contributed by atoms with Crippen LogP contribution in [0.3, 0.4) is 0 Å². The Labute approximate surface area is 178 Å². The van der Waals surface area contributed by atoms with Crippen molar-refractivity contribution >= 4 is 5.57 Å². The summed E-state index contributed by atoms with van der Waals surface area (Å²) in [4.78, 5) is 0. The molecule has 0 spiro atoms. The Balaban J connectivity index is 1.72. The van der Waals surface area contributed by atoms with Gasteiger partial charge < -0.3 is 14.2 Å². The van der Waals surface area contributed by atoms with E-state index in [0.29, 0.717) is 6.61 Å². The minimum absolute atomic E-state index is 0.643. The number of ether oxygens (including phenoxy) is 3. The van der Waals surface area contributed by atoms with Crippen molar-refractivity contribution in [2.75, 3.05) is 13.7 Å². The molecule has 0 aromatic heterocycles. The Morgan fingerprint density at radius 2 is 1.63 bits per heavy atom. The zero-order valence-electron chi connectivity index (χ0n) is 17.4. The van der Waals surface area contributed by atoms with Crippen LogP contribution in [-0.2, 0) is 0 Å². The van der Waals surface area contributed by atoms with E-state index in [2.05, 4.69) is 36.4 Å². The molecule has 4 rings (SSSR count). The number of allylic oxidation sites excluding steroid dienone is 3. The van der Waals surface area contributed by atoms with E-state index in [4.69, 9.17) is 14.2 Å². The molecular formula is C27H26O3. The molecule has 30 heavy (non-hydrogen) atoms. The van der Waals surface area contributed by atoms with Crippen LogP contribution in [0.4, 0.5) is 0 Å². The number of benzene rings is 3. The molecule has 3 heteroatoms. The van der Waals surface area contributed by atoms with Crippen molar-refractivity contribution in [1.82, 2.24) is 0 Å². The normalized spacial score (nSPS) is 13.3. The van der Waals surface area contributed by atoms with Gasteiger partial charge in [0.25, 0.3) is 0 Å².